The van der Waals surface area contributed by atoms with Crippen molar-refractivity contribution < 1.29 is 4.79 Å². The largest absolute Gasteiger partial charge is 0.367 e. The number of aryl methyl sites for hydroxylation is 1. The van der Waals surface area contributed by atoms with Gasteiger partial charge in [-0.2, -0.15) is 5.10 Å². The normalized spacial score (nSPS) is 15.2. The zero-order valence-electron chi connectivity index (χ0n) is 16.6. The van der Waals surface area contributed by atoms with Crippen LogP contribution in [0, 0.1) is 6.92 Å². The highest BCUT2D eigenvalue weighted by atomic mass is 16.2. The Hall–Kier alpha value is -3.41. The van der Waals surface area contributed by atoms with Crippen molar-refractivity contribution in [2.75, 3.05) is 18.0 Å². The third-order valence-electron chi connectivity index (χ3n) is 5.31. The summed E-state index contributed by atoms with van der Waals surface area (Å²) in [4.78, 5) is 27.3. The summed E-state index contributed by atoms with van der Waals surface area (Å²) in [5.74, 6) is -0.445. The highest BCUT2D eigenvalue weighted by molar-refractivity contribution is 5.92. The van der Waals surface area contributed by atoms with Gasteiger partial charge in [0.2, 0.25) is 5.43 Å². The zero-order chi connectivity index (χ0) is 20.4. The van der Waals surface area contributed by atoms with E-state index in [-0.39, 0.29) is 11.1 Å². The second kappa shape index (κ2) is 7.91. The molecule has 0 bridgehead atoms. The molecule has 1 aliphatic heterocycles. The lowest BCUT2D eigenvalue weighted by molar-refractivity contribution is 0.0946. The smallest absolute Gasteiger partial charge is 0.275 e. The van der Waals surface area contributed by atoms with Crippen molar-refractivity contribution >= 4 is 11.6 Å². The predicted octanol–water partition coefficient (Wildman–Crippen LogP) is 2.72. The molecule has 0 radical (unpaired) electrons. The Bertz CT molecular complexity index is 1090. The van der Waals surface area contributed by atoms with Gasteiger partial charge in [0.05, 0.1) is 5.69 Å². The molecule has 3 aromatic rings. The molecule has 1 aliphatic rings. The molecular weight excluding hydrogens is 364 g/mol. The van der Waals surface area contributed by atoms with Gasteiger partial charge in [0.15, 0.2) is 5.69 Å². The van der Waals surface area contributed by atoms with Crippen LogP contribution in [0.5, 0.6) is 0 Å². The first kappa shape index (κ1) is 18.9. The Morgan fingerprint density at radius 3 is 2.66 bits per heavy atom. The molecule has 0 spiro atoms. The van der Waals surface area contributed by atoms with Crippen LogP contribution in [-0.2, 0) is 6.42 Å². The van der Waals surface area contributed by atoms with Crippen molar-refractivity contribution in [3.05, 3.63) is 87.8 Å². The third-order valence-corrected chi connectivity index (χ3v) is 5.31. The number of carbonyl (C=O) groups is 1. The fourth-order valence-corrected chi connectivity index (χ4v) is 3.88. The van der Waals surface area contributed by atoms with Gasteiger partial charge in [0.1, 0.15) is 0 Å². The molecule has 0 saturated carbocycles. The minimum Gasteiger partial charge on any atom is -0.367 e. The molecule has 6 heteroatoms. The van der Waals surface area contributed by atoms with Gasteiger partial charge >= 0.3 is 0 Å². The van der Waals surface area contributed by atoms with E-state index >= 15 is 0 Å². The molecule has 0 saturated heterocycles. The van der Waals surface area contributed by atoms with Gasteiger partial charge in [-0.05, 0) is 44.0 Å². The van der Waals surface area contributed by atoms with E-state index in [1.165, 1.54) is 17.3 Å². The second-order valence-electron chi connectivity index (χ2n) is 7.38. The molecule has 6 nitrogen and oxygen atoms in total. The summed E-state index contributed by atoms with van der Waals surface area (Å²) < 4.78 is 1.62. The van der Waals surface area contributed by atoms with Crippen LogP contribution in [0.2, 0.25) is 0 Å². The summed E-state index contributed by atoms with van der Waals surface area (Å²) in [7, 11) is 0. The van der Waals surface area contributed by atoms with Crippen LogP contribution in [-0.4, -0.2) is 34.8 Å². The fraction of sp³-hybridized carbons (Fsp3) is 0.261. The number of aromatic nitrogens is 2. The number of nitrogens with one attached hydrogen (secondary N) is 1. The molecule has 4 rings (SSSR count). The molecule has 1 amide bonds. The first-order valence-electron chi connectivity index (χ1n) is 9.84. The van der Waals surface area contributed by atoms with E-state index in [9.17, 15) is 9.59 Å². The Kier molecular flexibility index (Phi) is 5.16. The van der Waals surface area contributed by atoms with Crippen LogP contribution >= 0.6 is 0 Å². The van der Waals surface area contributed by atoms with Crippen LogP contribution in [0.1, 0.15) is 28.7 Å². The Balaban J connectivity index is 1.47. The molecule has 1 aromatic heterocycles. The maximum absolute atomic E-state index is 12.7. The summed E-state index contributed by atoms with van der Waals surface area (Å²) in [6, 6.07) is 19.6. The summed E-state index contributed by atoms with van der Waals surface area (Å²) >= 11 is 0. The second-order valence-corrected chi connectivity index (χ2v) is 7.38. The lowest BCUT2D eigenvalue weighted by atomic mass is 10.1. The van der Waals surface area contributed by atoms with E-state index in [1.807, 2.05) is 36.4 Å². The van der Waals surface area contributed by atoms with Crippen LogP contribution in [0.4, 0.5) is 5.69 Å². The monoisotopic (exact) mass is 388 g/mol. The van der Waals surface area contributed by atoms with Gasteiger partial charge in [0.25, 0.3) is 5.91 Å². The fourth-order valence-electron chi connectivity index (χ4n) is 3.88. The lowest BCUT2D eigenvalue weighted by Crippen LogP contribution is -2.39. The van der Waals surface area contributed by atoms with Crippen molar-refractivity contribution in [2.45, 2.75) is 26.3 Å². The van der Waals surface area contributed by atoms with Crippen LogP contribution in [0.25, 0.3) is 5.69 Å². The van der Waals surface area contributed by atoms with Gasteiger partial charge in [-0.1, -0.05) is 36.4 Å². The van der Waals surface area contributed by atoms with E-state index < -0.39 is 5.91 Å². The van der Waals surface area contributed by atoms with E-state index in [1.54, 1.807) is 11.6 Å². The molecular formula is C23H24N4O2. The van der Waals surface area contributed by atoms with Crippen molar-refractivity contribution in [1.82, 2.24) is 15.1 Å². The number of hydrogen-bond acceptors (Lipinski definition) is 4. The van der Waals surface area contributed by atoms with Gasteiger partial charge in [-0.3, -0.25) is 9.59 Å². The number of nitrogens with zero attached hydrogens (tertiary/aromatic N) is 3. The van der Waals surface area contributed by atoms with Gasteiger partial charge in [-0.25, -0.2) is 4.68 Å². The Morgan fingerprint density at radius 1 is 1.14 bits per heavy atom. The van der Waals surface area contributed by atoms with Crippen LogP contribution in [0.15, 0.2) is 65.5 Å². The number of hydrogen-bond donors (Lipinski definition) is 1. The van der Waals surface area contributed by atoms with E-state index in [0.717, 1.165) is 12.1 Å². The van der Waals surface area contributed by atoms with E-state index in [2.05, 4.69) is 40.4 Å². The lowest BCUT2D eigenvalue weighted by Gasteiger charge is -2.25. The van der Waals surface area contributed by atoms with Crippen LogP contribution < -0.4 is 15.6 Å². The summed E-state index contributed by atoms with van der Waals surface area (Å²) in [5, 5.41) is 7.18. The van der Waals surface area contributed by atoms with Crippen molar-refractivity contribution in [1.29, 1.82) is 0 Å². The highest BCUT2D eigenvalue weighted by Gasteiger charge is 2.25. The maximum atomic E-state index is 12.7. The third kappa shape index (κ3) is 3.78. The molecule has 0 fully saturated rings. The van der Waals surface area contributed by atoms with E-state index in [0.29, 0.717) is 24.8 Å². The first-order valence-corrected chi connectivity index (χ1v) is 9.84. The first-order chi connectivity index (χ1) is 14.0. The maximum Gasteiger partial charge on any atom is 0.275 e. The topological polar surface area (TPSA) is 67.2 Å². The minimum atomic E-state index is -0.445. The van der Waals surface area contributed by atoms with Crippen molar-refractivity contribution in [3.8, 4) is 5.69 Å². The SMILES string of the molecule is Cc1cc(=O)c(C(=O)NCCN2c3ccccc3C[C@@H]2C)nn1-c1ccccc1. The van der Waals surface area contributed by atoms with E-state index in [4.69, 9.17) is 0 Å². The molecule has 1 N–H and O–H groups in total. The summed E-state index contributed by atoms with van der Waals surface area (Å²) in [6.45, 7) is 5.11. The average Bonchev–Trinajstić information content (AvgIpc) is 3.04. The number of anilines is 1. The summed E-state index contributed by atoms with van der Waals surface area (Å²) in [5.41, 5.74) is 3.58. The predicted molar refractivity (Wildman–Crippen MR) is 114 cm³/mol. The van der Waals surface area contributed by atoms with Gasteiger partial charge in [-0.15, -0.1) is 0 Å². The Labute approximate surface area is 169 Å². The van der Waals surface area contributed by atoms with Crippen molar-refractivity contribution in [3.63, 3.8) is 0 Å². The molecule has 29 heavy (non-hydrogen) atoms. The number of carbonyl (C=O) groups excluding carboxylic acids is 1. The standard InChI is InChI=1S/C23H24N4O2/c1-16-14-18-8-6-7-11-20(18)26(16)13-12-24-23(29)22-21(28)15-17(2)27(25-22)19-9-4-3-5-10-19/h3-11,15-16H,12-14H2,1-2H3,(H,24,29)/t16-/m0/s1. The van der Waals surface area contributed by atoms with Crippen molar-refractivity contribution in [2.24, 2.45) is 0 Å². The number of amides is 1. The van der Waals surface area contributed by atoms with Gasteiger partial charge in [0, 0.05) is 36.6 Å². The minimum absolute atomic E-state index is 0.0886. The van der Waals surface area contributed by atoms with Crippen LogP contribution in [0.3, 0.4) is 0 Å². The molecule has 2 heterocycles. The molecule has 2 aromatic carbocycles. The number of rotatable bonds is 5. The highest BCUT2D eigenvalue weighted by Crippen LogP contribution is 2.31. The molecule has 1 atom stereocenters. The number of fused-ring (bicyclic) bond motifs is 1. The zero-order valence-corrected chi connectivity index (χ0v) is 16.6. The molecule has 148 valence electrons. The Morgan fingerprint density at radius 2 is 1.86 bits per heavy atom. The average molecular weight is 388 g/mol. The number of para-hydroxylation sites is 2. The quantitative estimate of drug-likeness (QED) is 0.730. The molecule has 0 aliphatic carbocycles. The van der Waals surface area contributed by atoms with Gasteiger partial charge < -0.3 is 10.2 Å². The number of benzene rings is 2. The summed E-state index contributed by atoms with van der Waals surface area (Å²) in [6.07, 6.45) is 1.01. The molecule has 0 unspecified atom stereocenters.